The standard InChI is InChI=1S/C24H30N2O2/c1-5-6-17-9-13-21(26-23(17)28)20(15-19-12-14-22(27)25-19)16-7-10-18(11-8-16)24(2,3)4/h7-11,13,15,19H,5-6,12,14H2,1-4H3,(H,25,27)(H,26,28)/b20-15+/t19-/m1/s1. The van der Waals surface area contributed by atoms with Crippen molar-refractivity contribution in [3.63, 3.8) is 0 Å². The van der Waals surface area contributed by atoms with Crippen LogP contribution in [0.4, 0.5) is 0 Å². The summed E-state index contributed by atoms with van der Waals surface area (Å²) >= 11 is 0. The van der Waals surface area contributed by atoms with Crippen molar-refractivity contribution in [2.24, 2.45) is 0 Å². The van der Waals surface area contributed by atoms with Gasteiger partial charge >= 0.3 is 0 Å². The summed E-state index contributed by atoms with van der Waals surface area (Å²) in [6.07, 6.45) is 5.10. The first kappa shape index (κ1) is 20.1. The van der Waals surface area contributed by atoms with E-state index in [1.54, 1.807) is 0 Å². The van der Waals surface area contributed by atoms with E-state index in [9.17, 15) is 9.59 Å². The third-order valence-electron chi connectivity index (χ3n) is 5.26. The lowest BCUT2D eigenvalue weighted by atomic mass is 9.86. The number of aryl methyl sites for hydroxylation is 1. The van der Waals surface area contributed by atoms with Crippen molar-refractivity contribution in [2.45, 2.75) is 64.8 Å². The molecule has 3 rings (SSSR count). The highest BCUT2D eigenvalue weighted by atomic mass is 16.2. The van der Waals surface area contributed by atoms with Gasteiger partial charge in [0.2, 0.25) is 5.91 Å². The summed E-state index contributed by atoms with van der Waals surface area (Å²) in [6, 6.07) is 12.4. The Morgan fingerprint density at radius 2 is 1.82 bits per heavy atom. The summed E-state index contributed by atoms with van der Waals surface area (Å²) in [5.74, 6) is 0.0791. The minimum atomic E-state index is -0.0352. The third kappa shape index (κ3) is 4.61. The van der Waals surface area contributed by atoms with E-state index >= 15 is 0 Å². The molecular weight excluding hydrogens is 348 g/mol. The second kappa shape index (κ2) is 8.17. The van der Waals surface area contributed by atoms with E-state index in [0.29, 0.717) is 6.42 Å². The minimum absolute atomic E-state index is 0.0105. The van der Waals surface area contributed by atoms with Crippen molar-refractivity contribution in [2.75, 3.05) is 0 Å². The highest BCUT2D eigenvalue weighted by molar-refractivity contribution is 5.82. The van der Waals surface area contributed by atoms with Gasteiger partial charge in [-0.2, -0.15) is 0 Å². The predicted octanol–water partition coefficient (Wildman–Crippen LogP) is 4.34. The Bertz CT molecular complexity index is 930. The Kier molecular flexibility index (Phi) is 5.87. The van der Waals surface area contributed by atoms with Gasteiger partial charge in [0.25, 0.3) is 5.56 Å². The molecule has 0 unspecified atom stereocenters. The molecule has 1 amide bonds. The van der Waals surface area contributed by atoms with Crippen LogP contribution in [0, 0.1) is 0 Å². The fourth-order valence-electron chi connectivity index (χ4n) is 3.58. The zero-order valence-electron chi connectivity index (χ0n) is 17.3. The van der Waals surface area contributed by atoms with Crippen LogP contribution in [0.2, 0.25) is 0 Å². The number of amides is 1. The molecule has 0 saturated carbocycles. The number of carbonyl (C=O) groups excluding carboxylic acids is 1. The van der Waals surface area contributed by atoms with Gasteiger partial charge in [-0.3, -0.25) is 9.59 Å². The Morgan fingerprint density at radius 1 is 1.11 bits per heavy atom. The molecule has 0 radical (unpaired) electrons. The predicted molar refractivity (Wildman–Crippen MR) is 114 cm³/mol. The molecule has 0 spiro atoms. The van der Waals surface area contributed by atoms with Gasteiger partial charge in [0, 0.05) is 29.3 Å². The quantitative estimate of drug-likeness (QED) is 0.813. The summed E-state index contributed by atoms with van der Waals surface area (Å²) in [4.78, 5) is 27.2. The lowest BCUT2D eigenvalue weighted by molar-refractivity contribution is -0.119. The van der Waals surface area contributed by atoms with E-state index in [1.165, 1.54) is 5.56 Å². The number of hydrogen-bond donors (Lipinski definition) is 2. The Balaban J connectivity index is 2.03. The molecule has 2 aromatic rings. The zero-order valence-corrected chi connectivity index (χ0v) is 17.3. The molecular formula is C24H30N2O2. The van der Waals surface area contributed by atoms with Crippen LogP contribution in [0.1, 0.15) is 69.3 Å². The summed E-state index contributed by atoms with van der Waals surface area (Å²) in [7, 11) is 0. The molecule has 1 fully saturated rings. The van der Waals surface area contributed by atoms with E-state index < -0.39 is 0 Å². The van der Waals surface area contributed by atoms with Crippen molar-refractivity contribution in [1.29, 1.82) is 0 Å². The average Bonchev–Trinajstić information content (AvgIpc) is 3.06. The summed E-state index contributed by atoms with van der Waals surface area (Å²) in [6.45, 7) is 8.64. The summed E-state index contributed by atoms with van der Waals surface area (Å²) < 4.78 is 0. The van der Waals surface area contributed by atoms with E-state index in [0.717, 1.165) is 41.7 Å². The van der Waals surface area contributed by atoms with Crippen LogP contribution >= 0.6 is 0 Å². The van der Waals surface area contributed by atoms with Gasteiger partial charge in [0.1, 0.15) is 0 Å². The lowest BCUT2D eigenvalue weighted by Crippen LogP contribution is -2.23. The molecule has 28 heavy (non-hydrogen) atoms. The van der Waals surface area contributed by atoms with Gasteiger partial charge in [0.05, 0.1) is 0 Å². The highest BCUT2D eigenvalue weighted by Gasteiger charge is 2.21. The first-order valence-electron chi connectivity index (χ1n) is 10.1. The van der Waals surface area contributed by atoms with E-state index in [-0.39, 0.29) is 22.9 Å². The van der Waals surface area contributed by atoms with Crippen molar-refractivity contribution < 1.29 is 4.79 Å². The monoisotopic (exact) mass is 378 g/mol. The topological polar surface area (TPSA) is 62.0 Å². The molecule has 2 N–H and O–H groups in total. The van der Waals surface area contributed by atoms with Gasteiger partial charge in [0.15, 0.2) is 0 Å². The fraction of sp³-hybridized carbons (Fsp3) is 0.417. The molecule has 1 saturated heterocycles. The number of H-pyrrole nitrogens is 1. The number of carbonyl (C=O) groups is 1. The Morgan fingerprint density at radius 3 is 2.36 bits per heavy atom. The maximum absolute atomic E-state index is 12.5. The SMILES string of the molecule is CCCc1ccc(/C(=C/[C@H]2CCC(=O)N2)c2ccc(C(C)(C)C)cc2)[nH]c1=O. The second-order valence-corrected chi connectivity index (χ2v) is 8.60. The van der Waals surface area contributed by atoms with Gasteiger partial charge in [-0.15, -0.1) is 0 Å². The van der Waals surface area contributed by atoms with Crippen LogP contribution < -0.4 is 10.9 Å². The van der Waals surface area contributed by atoms with Crippen molar-refractivity contribution in [3.8, 4) is 0 Å². The molecule has 1 aliphatic rings. The van der Waals surface area contributed by atoms with Crippen LogP contribution in [0.5, 0.6) is 0 Å². The van der Waals surface area contributed by atoms with Gasteiger partial charge in [-0.1, -0.05) is 70.5 Å². The van der Waals surface area contributed by atoms with Gasteiger partial charge in [-0.05, 0) is 35.4 Å². The van der Waals surface area contributed by atoms with Gasteiger partial charge in [-0.25, -0.2) is 0 Å². The molecule has 1 aliphatic heterocycles. The van der Waals surface area contributed by atoms with Crippen LogP contribution in [0.3, 0.4) is 0 Å². The second-order valence-electron chi connectivity index (χ2n) is 8.60. The number of aromatic amines is 1. The normalized spacial score (nSPS) is 17.6. The number of aromatic nitrogens is 1. The molecule has 2 heterocycles. The number of nitrogens with one attached hydrogen (secondary N) is 2. The Hall–Kier alpha value is -2.62. The largest absolute Gasteiger partial charge is 0.350 e. The molecule has 0 bridgehead atoms. The first-order valence-corrected chi connectivity index (χ1v) is 10.1. The van der Waals surface area contributed by atoms with Crippen LogP contribution in [-0.4, -0.2) is 16.9 Å². The molecule has 1 aromatic carbocycles. The van der Waals surface area contributed by atoms with Crippen molar-refractivity contribution in [1.82, 2.24) is 10.3 Å². The van der Waals surface area contributed by atoms with Crippen LogP contribution in [0.15, 0.2) is 47.3 Å². The highest BCUT2D eigenvalue weighted by Crippen LogP contribution is 2.28. The maximum Gasteiger partial charge on any atom is 0.251 e. The smallest absolute Gasteiger partial charge is 0.251 e. The summed E-state index contributed by atoms with van der Waals surface area (Å²) in [5.41, 5.74) is 4.89. The number of pyridine rings is 1. The van der Waals surface area contributed by atoms with Crippen LogP contribution in [-0.2, 0) is 16.6 Å². The Labute approximate surface area is 167 Å². The van der Waals surface area contributed by atoms with Crippen LogP contribution in [0.25, 0.3) is 5.57 Å². The summed E-state index contributed by atoms with van der Waals surface area (Å²) in [5, 5.41) is 3.00. The van der Waals surface area contributed by atoms with Gasteiger partial charge < -0.3 is 10.3 Å². The van der Waals surface area contributed by atoms with E-state index in [1.807, 2.05) is 12.1 Å². The fourth-order valence-corrected chi connectivity index (χ4v) is 3.58. The molecule has 1 aromatic heterocycles. The van der Waals surface area contributed by atoms with Crippen molar-refractivity contribution >= 4 is 11.5 Å². The third-order valence-corrected chi connectivity index (χ3v) is 5.26. The maximum atomic E-state index is 12.5. The molecule has 4 heteroatoms. The molecule has 148 valence electrons. The number of rotatable bonds is 5. The minimum Gasteiger partial charge on any atom is -0.350 e. The lowest BCUT2D eigenvalue weighted by Gasteiger charge is -2.20. The average molecular weight is 379 g/mol. The van der Waals surface area contributed by atoms with Crippen molar-refractivity contribution in [3.05, 3.63) is 75.2 Å². The first-order chi connectivity index (χ1) is 13.3. The zero-order chi connectivity index (χ0) is 20.3. The number of benzene rings is 1. The molecule has 1 atom stereocenters. The molecule has 0 aliphatic carbocycles. The van der Waals surface area contributed by atoms with E-state index in [2.05, 4.69) is 68.3 Å². The van der Waals surface area contributed by atoms with E-state index in [4.69, 9.17) is 0 Å². The number of hydrogen-bond acceptors (Lipinski definition) is 2. The molecule has 4 nitrogen and oxygen atoms in total.